The molecule has 4 unspecified atom stereocenters. The van der Waals surface area contributed by atoms with Crippen LogP contribution in [0.25, 0.3) is 0 Å². The fourth-order valence-corrected chi connectivity index (χ4v) is 5.44. The molecule has 0 N–H and O–H groups in total. The summed E-state index contributed by atoms with van der Waals surface area (Å²) in [5.74, 6) is -1.08. The average Bonchev–Trinajstić information content (AvgIpc) is 3.04. The van der Waals surface area contributed by atoms with Crippen LogP contribution in [0.2, 0.25) is 0 Å². The van der Waals surface area contributed by atoms with Gasteiger partial charge < -0.3 is 14.5 Å². The van der Waals surface area contributed by atoms with Crippen LogP contribution in [0.3, 0.4) is 0 Å². The standard InChI is InChI=1S/C24H30ClFN2O3/c1-3-27(4-2)12-7-13-28-21(16-8-5-6-9-18(16)26)20-22(29)17-14-15(25)10-11-19(17)31-23(20)24(28)30/h5-6,8-9,15,17,19,21H,3-4,7,10-14H2,1-2H3. The monoisotopic (exact) mass is 448 g/mol. The Morgan fingerprint density at radius 2 is 1.94 bits per heavy atom. The predicted molar refractivity (Wildman–Crippen MR) is 117 cm³/mol. The van der Waals surface area contributed by atoms with E-state index in [-0.39, 0.29) is 34.8 Å². The average molecular weight is 449 g/mol. The summed E-state index contributed by atoms with van der Waals surface area (Å²) in [4.78, 5) is 30.8. The highest BCUT2D eigenvalue weighted by Crippen LogP contribution is 2.47. The zero-order chi connectivity index (χ0) is 22.1. The molecule has 31 heavy (non-hydrogen) atoms. The van der Waals surface area contributed by atoms with Crippen LogP contribution in [-0.2, 0) is 14.3 Å². The lowest BCUT2D eigenvalue weighted by Crippen LogP contribution is -2.42. The van der Waals surface area contributed by atoms with E-state index in [9.17, 15) is 14.0 Å². The molecule has 1 saturated carbocycles. The molecule has 0 bridgehead atoms. The second-order valence-electron chi connectivity index (χ2n) is 8.58. The maximum Gasteiger partial charge on any atom is 0.290 e. The predicted octanol–water partition coefficient (Wildman–Crippen LogP) is 4.07. The van der Waals surface area contributed by atoms with E-state index in [0.717, 1.165) is 32.5 Å². The van der Waals surface area contributed by atoms with Crippen molar-refractivity contribution < 1.29 is 18.7 Å². The van der Waals surface area contributed by atoms with Crippen molar-refractivity contribution >= 4 is 23.3 Å². The minimum Gasteiger partial charge on any atom is -0.483 e. The highest BCUT2D eigenvalue weighted by atomic mass is 35.5. The normalized spacial score (nSPS) is 28.1. The van der Waals surface area contributed by atoms with Gasteiger partial charge in [-0.25, -0.2) is 4.39 Å². The topological polar surface area (TPSA) is 49.9 Å². The number of halogens is 2. The molecule has 4 atom stereocenters. The molecule has 4 rings (SSSR count). The summed E-state index contributed by atoms with van der Waals surface area (Å²) in [7, 11) is 0. The fourth-order valence-electron chi connectivity index (χ4n) is 5.12. The molecule has 1 aromatic rings. The van der Waals surface area contributed by atoms with E-state index in [4.69, 9.17) is 16.3 Å². The molecule has 1 aliphatic carbocycles. The van der Waals surface area contributed by atoms with Gasteiger partial charge in [-0.2, -0.15) is 0 Å². The molecule has 3 aliphatic rings. The molecule has 1 amide bonds. The molecular weight excluding hydrogens is 419 g/mol. The van der Waals surface area contributed by atoms with Crippen LogP contribution < -0.4 is 0 Å². The van der Waals surface area contributed by atoms with Crippen LogP contribution in [0.4, 0.5) is 4.39 Å². The number of ketones is 1. The Morgan fingerprint density at radius 1 is 1.19 bits per heavy atom. The highest BCUT2D eigenvalue weighted by molar-refractivity contribution is 6.21. The van der Waals surface area contributed by atoms with Crippen LogP contribution in [0.5, 0.6) is 0 Å². The number of carbonyl (C=O) groups is 2. The van der Waals surface area contributed by atoms with Crippen molar-refractivity contribution in [3.63, 3.8) is 0 Å². The number of Topliss-reactive ketones (excluding diaryl/α,β-unsaturated/α-hetero) is 1. The van der Waals surface area contributed by atoms with Crippen LogP contribution in [0, 0.1) is 11.7 Å². The lowest BCUT2D eigenvalue weighted by atomic mass is 9.77. The third-order valence-electron chi connectivity index (χ3n) is 6.85. The summed E-state index contributed by atoms with van der Waals surface area (Å²) in [6, 6.07) is 5.64. The van der Waals surface area contributed by atoms with Crippen molar-refractivity contribution in [1.82, 2.24) is 9.80 Å². The van der Waals surface area contributed by atoms with E-state index >= 15 is 0 Å². The molecule has 1 fully saturated rings. The first-order chi connectivity index (χ1) is 15.0. The van der Waals surface area contributed by atoms with Crippen molar-refractivity contribution in [3.8, 4) is 0 Å². The number of hydrogen-bond donors (Lipinski definition) is 0. The number of carbonyl (C=O) groups excluding carboxylic acids is 2. The quantitative estimate of drug-likeness (QED) is 0.590. The van der Waals surface area contributed by atoms with E-state index in [1.807, 2.05) is 0 Å². The number of benzene rings is 1. The second kappa shape index (κ2) is 9.29. The number of rotatable bonds is 7. The smallest absolute Gasteiger partial charge is 0.290 e. The zero-order valence-electron chi connectivity index (χ0n) is 18.2. The van der Waals surface area contributed by atoms with Gasteiger partial charge in [0.05, 0.1) is 17.5 Å². The Kier molecular flexibility index (Phi) is 6.68. The third-order valence-corrected chi connectivity index (χ3v) is 7.24. The number of nitrogens with zero attached hydrogens (tertiary/aromatic N) is 2. The van der Waals surface area contributed by atoms with Gasteiger partial charge in [0.25, 0.3) is 5.91 Å². The third kappa shape index (κ3) is 4.12. The number of alkyl halides is 1. The van der Waals surface area contributed by atoms with E-state index in [2.05, 4.69) is 18.7 Å². The lowest BCUT2D eigenvalue weighted by molar-refractivity contribution is -0.135. The molecule has 0 spiro atoms. The second-order valence-corrected chi connectivity index (χ2v) is 9.20. The summed E-state index contributed by atoms with van der Waals surface area (Å²) in [5, 5.41) is -0.0786. The van der Waals surface area contributed by atoms with Gasteiger partial charge in [0.15, 0.2) is 11.5 Å². The van der Waals surface area contributed by atoms with Gasteiger partial charge in [-0.05, 0) is 51.4 Å². The lowest BCUT2D eigenvalue weighted by Gasteiger charge is -2.37. The Balaban J connectivity index is 1.67. The van der Waals surface area contributed by atoms with Gasteiger partial charge in [0.1, 0.15) is 11.9 Å². The van der Waals surface area contributed by atoms with E-state index in [1.54, 1.807) is 23.1 Å². The molecule has 5 nitrogen and oxygen atoms in total. The van der Waals surface area contributed by atoms with Gasteiger partial charge in [0, 0.05) is 17.5 Å². The van der Waals surface area contributed by atoms with Crippen molar-refractivity contribution in [1.29, 1.82) is 0 Å². The zero-order valence-corrected chi connectivity index (χ0v) is 18.9. The minimum atomic E-state index is -0.746. The fraction of sp³-hybridized carbons (Fsp3) is 0.583. The molecule has 168 valence electrons. The van der Waals surface area contributed by atoms with Crippen LogP contribution in [-0.4, -0.2) is 59.2 Å². The maximum atomic E-state index is 14.8. The summed E-state index contributed by atoms with van der Waals surface area (Å²) < 4.78 is 21.0. The molecule has 0 saturated heterocycles. The van der Waals surface area contributed by atoms with E-state index in [1.165, 1.54) is 6.07 Å². The largest absolute Gasteiger partial charge is 0.483 e. The number of amides is 1. The van der Waals surface area contributed by atoms with Crippen LogP contribution in [0.15, 0.2) is 35.6 Å². The maximum absolute atomic E-state index is 14.8. The van der Waals surface area contributed by atoms with Crippen molar-refractivity contribution in [2.75, 3.05) is 26.2 Å². The van der Waals surface area contributed by atoms with Gasteiger partial charge in [-0.3, -0.25) is 9.59 Å². The van der Waals surface area contributed by atoms with Gasteiger partial charge in [-0.1, -0.05) is 32.0 Å². The van der Waals surface area contributed by atoms with Crippen molar-refractivity contribution in [2.45, 2.75) is 57.1 Å². The molecule has 1 aromatic carbocycles. The molecular formula is C24H30ClFN2O3. The van der Waals surface area contributed by atoms with Crippen LogP contribution >= 0.6 is 11.6 Å². The Labute approximate surface area is 188 Å². The van der Waals surface area contributed by atoms with Gasteiger partial charge in [0.2, 0.25) is 0 Å². The van der Waals surface area contributed by atoms with Crippen molar-refractivity contribution in [3.05, 3.63) is 47.0 Å². The Morgan fingerprint density at radius 3 is 2.65 bits per heavy atom. The number of hydrogen-bond acceptors (Lipinski definition) is 4. The number of ether oxygens (including phenoxy) is 1. The minimum absolute atomic E-state index is 0.0786. The molecule has 2 aliphatic heterocycles. The van der Waals surface area contributed by atoms with Gasteiger partial charge in [-0.15, -0.1) is 11.6 Å². The SMILES string of the molecule is CCN(CC)CCCN1C(=O)C2=C(C(=O)C3CC(Cl)CCC3O2)C1c1ccccc1F. The Hall–Kier alpha value is -1.92. The summed E-state index contributed by atoms with van der Waals surface area (Å²) in [5.41, 5.74) is 0.655. The van der Waals surface area contributed by atoms with Gasteiger partial charge >= 0.3 is 0 Å². The summed E-state index contributed by atoms with van der Waals surface area (Å²) >= 11 is 6.34. The highest BCUT2D eigenvalue weighted by Gasteiger charge is 2.53. The Bertz CT molecular complexity index is 885. The number of fused-ring (bicyclic) bond motifs is 1. The first kappa shape index (κ1) is 22.3. The van der Waals surface area contributed by atoms with Crippen LogP contribution in [0.1, 0.15) is 51.1 Å². The first-order valence-corrected chi connectivity index (χ1v) is 11.8. The molecule has 0 radical (unpaired) electrons. The summed E-state index contributed by atoms with van der Waals surface area (Å²) in [6.07, 6.45) is 2.37. The van der Waals surface area contributed by atoms with E-state index in [0.29, 0.717) is 30.5 Å². The van der Waals surface area contributed by atoms with E-state index < -0.39 is 11.9 Å². The molecule has 0 aromatic heterocycles. The summed E-state index contributed by atoms with van der Waals surface area (Å²) in [6.45, 7) is 7.34. The van der Waals surface area contributed by atoms with Crippen molar-refractivity contribution in [2.24, 2.45) is 5.92 Å². The molecule has 2 heterocycles. The molecule has 7 heteroatoms. The first-order valence-electron chi connectivity index (χ1n) is 11.3.